The predicted molar refractivity (Wildman–Crippen MR) is 107 cm³/mol. The van der Waals surface area contributed by atoms with Crippen LogP contribution in [0.1, 0.15) is 11.5 Å². The zero-order chi connectivity index (χ0) is 17.9. The summed E-state index contributed by atoms with van der Waals surface area (Å²) >= 11 is 10.7. The lowest BCUT2D eigenvalue weighted by Gasteiger charge is -2.03. The molecule has 0 aliphatic carbocycles. The van der Waals surface area contributed by atoms with Gasteiger partial charge in [0.1, 0.15) is 0 Å². The molecule has 10 heteroatoms. The van der Waals surface area contributed by atoms with E-state index in [0.717, 1.165) is 21.2 Å². The molecule has 0 saturated heterocycles. The predicted octanol–water partition coefficient (Wildman–Crippen LogP) is 5.65. The Hall–Kier alpha value is -1.94. The Kier molecular flexibility index (Phi) is 5.21. The SMILES string of the molecule is Cc1ccc(Nc2nnc(SCc3nc(-c4ccsc4)no3)s2)cc1Cl. The lowest BCUT2D eigenvalue weighted by molar-refractivity contribution is 0.391. The first kappa shape index (κ1) is 17.5. The van der Waals surface area contributed by atoms with Crippen molar-refractivity contribution in [3.05, 3.63) is 51.5 Å². The smallest absolute Gasteiger partial charge is 0.237 e. The molecular formula is C16H12ClN5OS3. The Balaban J connectivity index is 1.37. The van der Waals surface area contributed by atoms with Crippen LogP contribution in [0.5, 0.6) is 0 Å². The van der Waals surface area contributed by atoms with Crippen LogP contribution in [0.4, 0.5) is 10.8 Å². The van der Waals surface area contributed by atoms with Crippen LogP contribution in [-0.2, 0) is 5.75 Å². The van der Waals surface area contributed by atoms with Crippen LogP contribution in [0.25, 0.3) is 11.4 Å². The molecule has 0 unspecified atom stereocenters. The van der Waals surface area contributed by atoms with E-state index in [0.29, 0.717) is 27.6 Å². The van der Waals surface area contributed by atoms with Crippen molar-refractivity contribution in [3.8, 4) is 11.4 Å². The zero-order valence-electron chi connectivity index (χ0n) is 13.5. The fourth-order valence-electron chi connectivity index (χ4n) is 2.06. The van der Waals surface area contributed by atoms with Gasteiger partial charge in [0.15, 0.2) is 4.34 Å². The van der Waals surface area contributed by atoms with Crippen LogP contribution in [-0.4, -0.2) is 20.3 Å². The average Bonchev–Trinajstić information content (AvgIpc) is 3.37. The second-order valence-electron chi connectivity index (χ2n) is 5.27. The Bertz CT molecular complexity index is 1010. The van der Waals surface area contributed by atoms with Crippen LogP contribution in [0.15, 0.2) is 43.9 Å². The molecule has 0 bridgehead atoms. The van der Waals surface area contributed by atoms with Crippen LogP contribution in [0.2, 0.25) is 5.02 Å². The van der Waals surface area contributed by atoms with E-state index < -0.39 is 0 Å². The Morgan fingerprint density at radius 3 is 3.00 bits per heavy atom. The van der Waals surface area contributed by atoms with Gasteiger partial charge in [-0.2, -0.15) is 16.3 Å². The van der Waals surface area contributed by atoms with Gasteiger partial charge in [0.2, 0.25) is 16.8 Å². The third-order valence-corrected chi connectivity index (χ3v) is 6.44. The molecule has 0 aliphatic rings. The van der Waals surface area contributed by atoms with Gasteiger partial charge in [-0.15, -0.1) is 10.2 Å². The van der Waals surface area contributed by atoms with Crippen LogP contribution in [0.3, 0.4) is 0 Å². The van der Waals surface area contributed by atoms with Crippen molar-refractivity contribution in [2.24, 2.45) is 0 Å². The summed E-state index contributed by atoms with van der Waals surface area (Å²) in [5, 5.41) is 20.9. The molecule has 6 nitrogen and oxygen atoms in total. The maximum Gasteiger partial charge on any atom is 0.237 e. The molecule has 3 heterocycles. The Morgan fingerprint density at radius 2 is 2.19 bits per heavy atom. The second kappa shape index (κ2) is 7.75. The average molecular weight is 422 g/mol. The van der Waals surface area contributed by atoms with Crippen molar-refractivity contribution in [3.63, 3.8) is 0 Å². The lowest BCUT2D eigenvalue weighted by atomic mass is 10.2. The summed E-state index contributed by atoms with van der Waals surface area (Å²) in [5.41, 5.74) is 2.88. The first-order valence-electron chi connectivity index (χ1n) is 7.52. The van der Waals surface area contributed by atoms with Gasteiger partial charge in [0, 0.05) is 21.7 Å². The van der Waals surface area contributed by atoms with E-state index in [1.165, 1.54) is 23.1 Å². The normalized spacial score (nSPS) is 11.0. The summed E-state index contributed by atoms with van der Waals surface area (Å²) in [5.74, 6) is 1.71. The van der Waals surface area contributed by atoms with Gasteiger partial charge in [0.05, 0.1) is 5.75 Å². The molecule has 4 aromatic rings. The number of benzene rings is 1. The molecule has 4 rings (SSSR count). The quantitative estimate of drug-likeness (QED) is 0.403. The number of aromatic nitrogens is 4. The fourth-order valence-corrected chi connectivity index (χ4v) is 4.48. The topological polar surface area (TPSA) is 76.7 Å². The molecule has 0 atom stereocenters. The molecule has 1 aromatic carbocycles. The minimum atomic E-state index is 0.544. The maximum absolute atomic E-state index is 6.14. The van der Waals surface area contributed by atoms with Crippen LogP contribution in [0, 0.1) is 6.92 Å². The monoisotopic (exact) mass is 421 g/mol. The van der Waals surface area contributed by atoms with E-state index in [1.807, 2.05) is 41.9 Å². The van der Waals surface area contributed by atoms with Crippen molar-refractivity contribution >= 4 is 56.9 Å². The van der Waals surface area contributed by atoms with Gasteiger partial charge in [-0.3, -0.25) is 0 Å². The number of hydrogen-bond acceptors (Lipinski definition) is 9. The molecule has 0 fully saturated rings. The molecule has 0 spiro atoms. The minimum Gasteiger partial charge on any atom is -0.338 e. The van der Waals surface area contributed by atoms with Gasteiger partial charge >= 0.3 is 0 Å². The summed E-state index contributed by atoms with van der Waals surface area (Å²) in [7, 11) is 0. The highest BCUT2D eigenvalue weighted by atomic mass is 35.5. The van der Waals surface area contributed by atoms with Crippen LogP contribution >= 0.6 is 46.0 Å². The van der Waals surface area contributed by atoms with Crippen LogP contribution < -0.4 is 5.32 Å². The van der Waals surface area contributed by atoms with E-state index in [-0.39, 0.29) is 0 Å². The number of hydrogen-bond donors (Lipinski definition) is 1. The molecule has 26 heavy (non-hydrogen) atoms. The van der Waals surface area contributed by atoms with Crippen molar-refractivity contribution in [1.82, 2.24) is 20.3 Å². The standard InChI is InChI=1S/C16H12ClN5OS3/c1-9-2-3-11(6-12(9)17)18-15-20-21-16(26-15)25-8-13-19-14(22-23-13)10-4-5-24-7-10/h2-7H,8H2,1H3,(H,18,20). The van der Waals surface area contributed by atoms with E-state index in [1.54, 1.807) is 11.3 Å². The summed E-state index contributed by atoms with van der Waals surface area (Å²) in [6, 6.07) is 7.75. The minimum absolute atomic E-state index is 0.544. The van der Waals surface area contributed by atoms with Crippen molar-refractivity contribution in [1.29, 1.82) is 0 Å². The van der Waals surface area contributed by atoms with Gasteiger partial charge in [0.25, 0.3) is 0 Å². The van der Waals surface area contributed by atoms with E-state index in [2.05, 4.69) is 25.7 Å². The summed E-state index contributed by atoms with van der Waals surface area (Å²) < 4.78 is 6.11. The number of nitrogens with zero attached hydrogens (tertiary/aromatic N) is 4. The van der Waals surface area contributed by atoms with Gasteiger partial charge in [-0.1, -0.05) is 45.9 Å². The summed E-state index contributed by atoms with van der Waals surface area (Å²) in [6.07, 6.45) is 0. The summed E-state index contributed by atoms with van der Waals surface area (Å²) in [4.78, 5) is 4.39. The van der Waals surface area contributed by atoms with Crippen molar-refractivity contribution < 1.29 is 4.52 Å². The van der Waals surface area contributed by atoms with E-state index >= 15 is 0 Å². The number of halogens is 1. The Morgan fingerprint density at radius 1 is 1.27 bits per heavy atom. The van der Waals surface area contributed by atoms with Gasteiger partial charge in [-0.25, -0.2) is 0 Å². The van der Waals surface area contributed by atoms with Gasteiger partial charge in [-0.05, 0) is 36.1 Å². The molecule has 0 saturated carbocycles. The molecule has 0 amide bonds. The van der Waals surface area contributed by atoms with Crippen molar-refractivity contribution in [2.45, 2.75) is 17.0 Å². The number of thioether (sulfide) groups is 1. The van der Waals surface area contributed by atoms with Crippen molar-refractivity contribution in [2.75, 3.05) is 5.32 Å². The lowest BCUT2D eigenvalue weighted by Crippen LogP contribution is -1.89. The molecule has 1 N–H and O–H groups in total. The highest BCUT2D eigenvalue weighted by Crippen LogP contribution is 2.31. The molecule has 0 aliphatic heterocycles. The fraction of sp³-hybridized carbons (Fsp3) is 0.125. The third kappa shape index (κ3) is 4.07. The Labute approximate surface area is 166 Å². The van der Waals surface area contributed by atoms with E-state index in [4.69, 9.17) is 16.1 Å². The third-order valence-electron chi connectivity index (χ3n) is 3.40. The van der Waals surface area contributed by atoms with Gasteiger partial charge < -0.3 is 9.84 Å². The first-order chi connectivity index (χ1) is 12.7. The largest absolute Gasteiger partial charge is 0.338 e. The summed E-state index contributed by atoms with van der Waals surface area (Å²) in [6.45, 7) is 1.97. The highest BCUT2D eigenvalue weighted by molar-refractivity contribution is 8.00. The number of nitrogens with one attached hydrogen (secondary N) is 1. The number of thiophene rings is 1. The molecular weight excluding hydrogens is 410 g/mol. The number of rotatable bonds is 6. The zero-order valence-corrected chi connectivity index (χ0v) is 16.7. The molecule has 132 valence electrons. The number of anilines is 2. The maximum atomic E-state index is 6.14. The number of aryl methyl sites for hydroxylation is 1. The second-order valence-corrected chi connectivity index (χ2v) is 8.66. The highest BCUT2D eigenvalue weighted by Gasteiger charge is 2.11. The molecule has 0 radical (unpaired) electrons. The van der Waals surface area contributed by atoms with E-state index in [9.17, 15) is 0 Å². The molecule has 3 aromatic heterocycles. The first-order valence-corrected chi connectivity index (χ1v) is 10.6.